The van der Waals surface area contributed by atoms with Gasteiger partial charge in [0, 0.05) is 27.3 Å². The molecular weight excluding hydrogens is 274 g/mol. The van der Waals surface area contributed by atoms with E-state index in [4.69, 9.17) is 4.74 Å². The summed E-state index contributed by atoms with van der Waals surface area (Å²) in [4.78, 5) is 25.7. The van der Waals surface area contributed by atoms with E-state index < -0.39 is 0 Å². The van der Waals surface area contributed by atoms with E-state index in [2.05, 4.69) is 25.4 Å². The standard InChI is InChI=1S/C12H17N7O2/c1-5-21-12-15-10(13-2)14-11(16-12)19-7-6-8(17-19)9(20)18(3)4/h6-7H,5H2,1-4H3,(H,13,14,15,16). The fourth-order valence-electron chi connectivity index (χ4n) is 1.53. The Bertz CT molecular complexity index is 638. The van der Waals surface area contributed by atoms with Crippen LogP contribution in [0.15, 0.2) is 12.3 Å². The Morgan fingerprint density at radius 1 is 1.38 bits per heavy atom. The van der Waals surface area contributed by atoms with Crippen LogP contribution in [0.3, 0.4) is 0 Å². The lowest BCUT2D eigenvalue weighted by molar-refractivity contribution is 0.0821. The highest BCUT2D eigenvalue weighted by molar-refractivity contribution is 5.91. The van der Waals surface area contributed by atoms with Crippen LogP contribution in [0, 0.1) is 0 Å². The summed E-state index contributed by atoms with van der Waals surface area (Å²) >= 11 is 0. The fourth-order valence-corrected chi connectivity index (χ4v) is 1.53. The first-order valence-electron chi connectivity index (χ1n) is 6.39. The molecule has 2 rings (SSSR count). The largest absolute Gasteiger partial charge is 0.464 e. The van der Waals surface area contributed by atoms with Crippen LogP contribution in [-0.2, 0) is 0 Å². The van der Waals surface area contributed by atoms with Gasteiger partial charge in [0.1, 0.15) is 0 Å². The molecule has 2 aromatic heterocycles. The van der Waals surface area contributed by atoms with Gasteiger partial charge in [-0.2, -0.15) is 20.1 Å². The number of hydrogen-bond donors (Lipinski definition) is 1. The second kappa shape index (κ2) is 6.16. The van der Waals surface area contributed by atoms with Crippen molar-refractivity contribution in [3.05, 3.63) is 18.0 Å². The van der Waals surface area contributed by atoms with Crippen LogP contribution in [-0.4, -0.2) is 63.3 Å². The summed E-state index contributed by atoms with van der Waals surface area (Å²) in [7, 11) is 5.02. The number of nitrogens with one attached hydrogen (secondary N) is 1. The number of aromatic nitrogens is 5. The summed E-state index contributed by atoms with van der Waals surface area (Å²) < 4.78 is 6.69. The number of hydrogen-bond acceptors (Lipinski definition) is 7. The maximum absolute atomic E-state index is 11.8. The molecule has 0 bridgehead atoms. The molecule has 0 aliphatic rings. The van der Waals surface area contributed by atoms with Crippen LogP contribution in [0.1, 0.15) is 17.4 Å². The predicted molar refractivity (Wildman–Crippen MR) is 75.7 cm³/mol. The van der Waals surface area contributed by atoms with Crippen molar-refractivity contribution in [2.24, 2.45) is 0 Å². The Morgan fingerprint density at radius 2 is 2.14 bits per heavy atom. The minimum atomic E-state index is -0.193. The molecule has 0 fully saturated rings. The van der Waals surface area contributed by atoms with E-state index in [-0.39, 0.29) is 17.9 Å². The molecule has 0 aliphatic carbocycles. The molecule has 9 heteroatoms. The van der Waals surface area contributed by atoms with Crippen molar-refractivity contribution < 1.29 is 9.53 Å². The van der Waals surface area contributed by atoms with Crippen molar-refractivity contribution in [1.29, 1.82) is 0 Å². The van der Waals surface area contributed by atoms with Gasteiger partial charge in [-0.05, 0) is 13.0 Å². The molecule has 0 aromatic carbocycles. The van der Waals surface area contributed by atoms with Crippen LogP contribution < -0.4 is 10.1 Å². The summed E-state index contributed by atoms with van der Waals surface area (Å²) in [5, 5.41) is 6.99. The van der Waals surface area contributed by atoms with Gasteiger partial charge >= 0.3 is 6.01 Å². The van der Waals surface area contributed by atoms with Gasteiger partial charge in [-0.3, -0.25) is 4.79 Å². The third-order valence-electron chi connectivity index (χ3n) is 2.52. The molecule has 0 radical (unpaired) electrons. The van der Waals surface area contributed by atoms with Gasteiger partial charge < -0.3 is 15.0 Å². The van der Waals surface area contributed by atoms with E-state index in [9.17, 15) is 4.79 Å². The summed E-state index contributed by atoms with van der Waals surface area (Å²) in [6, 6.07) is 1.80. The van der Waals surface area contributed by atoms with Crippen molar-refractivity contribution in [2.75, 3.05) is 33.1 Å². The Hall–Kier alpha value is -2.71. The summed E-state index contributed by atoms with van der Waals surface area (Å²) in [6.45, 7) is 2.28. The normalized spacial score (nSPS) is 10.3. The number of carbonyl (C=O) groups excluding carboxylic acids is 1. The Balaban J connectivity index is 2.37. The molecule has 2 aromatic rings. The average molecular weight is 291 g/mol. The van der Waals surface area contributed by atoms with E-state index >= 15 is 0 Å². The summed E-state index contributed by atoms with van der Waals surface area (Å²) in [5.41, 5.74) is 0.310. The second-order valence-corrected chi connectivity index (χ2v) is 4.27. The van der Waals surface area contributed by atoms with Crippen LogP contribution >= 0.6 is 0 Å². The van der Waals surface area contributed by atoms with Crippen LogP contribution in [0.4, 0.5) is 5.95 Å². The van der Waals surface area contributed by atoms with Gasteiger partial charge in [-0.15, -0.1) is 0 Å². The first-order valence-corrected chi connectivity index (χ1v) is 6.39. The third-order valence-corrected chi connectivity index (χ3v) is 2.52. The van der Waals surface area contributed by atoms with Crippen molar-refractivity contribution in [2.45, 2.75) is 6.92 Å². The SMILES string of the molecule is CCOc1nc(NC)nc(-n2ccc(C(=O)N(C)C)n2)n1. The quantitative estimate of drug-likeness (QED) is 0.840. The minimum absolute atomic E-state index is 0.193. The van der Waals surface area contributed by atoms with Gasteiger partial charge in [0.25, 0.3) is 11.9 Å². The molecule has 21 heavy (non-hydrogen) atoms. The lowest BCUT2D eigenvalue weighted by atomic mass is 10.4. The topological polar surface area (TPSA) is 98.1 Å². The molecule has 2 heterocycles. The lowest BCUT2D eigenvalue weighted by Gasteiger charge is -2.07. The molecule has 0 spiro atoms. The number of amides is 1. The molecule has 112 valence electrons. The zero-order chi connectivity index (χ0) is 15.4. The van der Waals surface area contributed by atoms with Gasteiger partial charge in [0.15, 0.2) is 5.69 Å². The first kappa shape index (κ1) is 14.7. The van der Waals surface area contributed by atoms with Crippen molar-refractivity contribution in [3.8, 4) is 12.0 Å². The number of carbonyl (C=O) groups is 1. The second-order valence-electron chi connectivity index (χ2n) is 4.27. The minimum Gasteiger partial charge on any atom is -0.464 e. The van der Waals surface area contributed by atoms with Gasteiger partial charge in [0.2, 0.25) is 5.95 Å². The maximum Gasteiger partial charge on any atom is 0.323 e. The van der Waals surface area contributed by atoms with Gasteiger partial charge in [0.05, 0.1) is 6.61 Å². The molecule has 0 unspecified atom stereocenters. The van der Waals surface area contributed by atoms with E-state index in [1.807, 2.05) is 6.92 Å². The van der Waals surface area contributed by atoms with Gasteiger partial charge in [-0.1, -0.05) is 0 Å². The Kier molecular flexibility index (Phi) is 4.31. The van der Waals surface area contributed by atoms with E-state index in [0.29, 0.717) is 18.2 Å². The zero-order valence-corrected chi connectivity index (χ0v) is 12.4. The highest BCUT2D eigenvalue weighted by Crippen LogP contribution is 2.11. The highest BCUT2D eigenvalue weighted by atomic mass is 16.5. The molecule has 0 saturated heterocycles. The van der Waals surface area contributed by atoms with Crippen molar-refractivity contribution in [1.82, 2.24) is 29.6 Å². The van der Waals surface area contributed by atoms with E-state index in [1.165, 1.54) is 9.58 Å². The Morgan fingerprint density at radius 3 is 2.76 bits per heavy atom. The molecule has 0 saturated carbocycles. The third kappa shape index (κ3) is 3.25. The maximum atomic E-state index is 11.8. The van der Waals surface area contributed by atoms with Gasteiger partial charge in [-0.25, -0.2) is 4.68 Å². The predicted octanol–water partition coefficient (Wildman–Crippen LogP) is 0.199. The first-order chi connectivity index (χ1) is 10.0. The van der Waals surface area contributed by atoms with Crippen molar-refractivity contribution >= 4 is 11.9 Å². The lowest BCUT2D eigenvalue weighted by Crippen LogP contribution is -2.22. The fraction of sp³-hybridized carbons (Fsp3) is 0.417. The number of nitrogens with zero attached hydrogens (tertiary/aromatic N) is 6. The van der Waals surface area contributed by atoms with Crippen LogP contribution in [0.5, 0.6) is 6.01 Å². The molecule has 1 N–H and O–H groups in total. The summed E-state index contributed by atoms with van der Waals surface area (Å²) in [6.07, 6.45) is 1.61. The molecular formula is C12H17N7O2. The monoisotopic (exact) mass is 291 g/mol. The zero-order valence-electron chi connectivity index (χ0n) is 12.4. The Labute approximate surface area is 122 Å². The average Bonchev–Trinajstić information content (AvgIpc) is 2.96. The molecule has 1 amide bonds. The van der Waals surface area contributed by atoms with Crippen molar-refractivity contribution in [3.63, 3.8) is 0 Å². The molecule has 0 atom stereocenters. The number of rotatable bonds is 5. The number of anilines is 1. The van der Waals surface area contributed by atoms with E-state index in [0.717, 1.165) is 0 Å². The van der Waals surface area contributed by atoms with Crippen LogP contribution in [0.2, 0.25) is 0 Å². The number of ether oxygens (including phenoxy) is 1. The molecule has 9 nitrogen and oxygen atoms in total. The summed E-state index contributed by atoms with van der Waals surface area (Å²) in [5.74, 6) is 0.441. The van der Waals surface area contributed by atoms with E-state index in [1.54, 1.807) is 33.4 Å². The highest BCUT2D eigenvalue weighted by Gasteiger charge is 2.14. The smallest absolute Gasteiger partial charge is 0.323 e. The molecule has 0 aliphatic heterocycles. The van der Waals surface area contributed by atoms with Crippen LogP contribution in [0.25, 0.3) is 5.95 Å².